The summed E-state index contributed by atoms with van der Waals surface area (Å²) in [6, 6.07) is -0.0313. The van der Waals surface area contributed by atoms with Crippen molar-refractivity contribution in [3.05, 3.63) is 11.7 Å². The van der Waals surface area contributed by atoms with Crippen molar-refractivity contribution in [1.82, 2.24) is 20.8 Å². The summed E-state index contributed by atoms with van der Waals surface area (Å²) < 4.78 is 5.09. The van der Waals surface area contributed by atoms with Crippen LogP contribution in [0.1, 0.15) is 48.7 Å². The molecule has 0 radical (unpaired) electrons. The van der Waals surface area contributed by atoms with Gasteiger partial charge < -0.3 is 15.2 Å². The molecule has 2 unspecified atom stereocenters. The smallest absolute Gasteiger partial charge is 0.292 e. The molecule has 2 heterocycles. The minimum Gasteiger partial charge on any atom is -0.346 e. The van der Waals surface area contributed by atoms with Gasteiger partial charge >= 0.3 is 0 Å². The molecule has 1 amide bonds. The Morgan fingerprint density at radius 2 is 2.61 bits per heavy atom. The largest absolute Gasteiger partial charge is 0.346 e. The number of nitrogens with one attached hydrogen (secondary N) is 2. The van der Waals surface area contributed by atoms with Gasteiger partial charge in [-0.05, 0) is 26.3 Å². The molecule has 0 saturated carbocycles. The van der Waals surface area contributed by atoms with Crippen molar-refractivity contribution in [1.29, 1.82) is 0 Å². The Hall–Kier alpha value is -1.87. The van der Waals surface area contributed by atoms with Gasteiger partial charge in [0.1, 0.15) is 0 Å². The Bertz CT molecular complexity index is 457. The Morgan fingerprint density at radius 3 is 3.28 bits per heavy atom. The van der Waals surface area contributed by atoms with Crippen LogP contribution in [0.15, 0.2) is 4.52 Å². The SMILES string of the molecule is C#CCC(C)NC(=O)c1noc(C2CCCN2)n1. The van der Waals surface area contributed by atoms with Crippen LogP contribution in [0.4, 0.5) is 0 Å². The molecule has 2 atom stereocenters. The van der Waals surface area contributed by atoms with E-state index in [0.717, 1.165) is 19.4 Å². The highest BCUT2D eigenvalue weighted by Crippen LogP contribution is 2.20. The van der Waals surface area contributed by atoms with Gasteiger partial charge in [-0.3, -0.25) is 4.79 Å². The van der Waals surface area contributed by atoms with E-state index in [2.05, 4.69) is 26.7 Å². The molecule has 1 aromatic heterocycles. The van der Waals surface area contributed by atoms with Crippen LogP contribution in [-0.4, -0.2) is 28.6 Å². The molecule has 0 aliphatic carbocycles. The lowest BCUT2D eigenvalue weighted by Crippen LogP contribution is -2.33. The van der Waals surface area contributed by atoms with E-state index in [9.17, 15) is 4.79 Å². The molecule has 0 bridgehead atoms. The summed E-state index contributed by atoms with van der Waals surface area (Å²) in [5.41, 5.74) is 0. The lowest BCUT2D eigenvalue weighted by atomic mass is 10.2. The molecular weight excluding hydrogens is 232 g/mol. The number of carbonyl (C=O) groups excluding carboxylic acids is 1. The standard InChI is InChI=1S/C12H16N4O2/c1-3-5-8(2)14-11(17)10-15-12(18-16-10)9-6-4-7-13-9/h1,8-9,13H,4-7H2,2H3,(H,14,17). The van der Waals surface area contributed by atoms with Crippen LogP contribution in [0.3, 0.4) is 0 Å². The number of aromatic nitrogens is 2. The first kappa shape index (κ1) is 12.6. The van der Waals surface area contributed by atoms with Gasteiger partial charge in [-0.1, -0.05) is 5.16 Å². The number of hydrogen-bond acceptors (Lipinski definition) is 5. The van der Waals surface area contributed by atoms with Crippen LogP contribution >= 0.6 is 0 Å². The summed E-state index contributed by atoms with van der Waals surface area (Å²) in [7, 11) is 0. The lowest BCUT2D eigenvalue weighted by molar-refractivity contribution is 0.0927. The molecule has 0 aromatic carbocycles. The summed E-state index contributed by atoms with van der Waals surface area (Å²) >= 11 is 0. The van der Waals surface area contributed by atoms with Gasteiger partial charge in [0.15, 0.2) is 0 Å². The number of amides is 1. The molecule has 1 saturated heterocycles. The van der Waals surface area contributed by atoms with Crippen LogP contribution in [0.25, 0.3) is 0 Å². The predicted molar refractivity (Wildman–Crippen MR) is 64.7 cm³/mol. The van der Waals surface area contributed by atoms with Crippen molar-refractivity contribution in [2.24, 2.45) is 0 Å². The minimum atomic E-state index is -0.356. The van der Waals surface area contributed by atoms with Crippen LogP contribution < -0.4 is 10.6 Å². The van der Waals surface area contributed by atoms with Gasteiger partial charge in [0, 0.05) is 12.5 Å². The van der Waals surface area contributed by atoms with Crippen LogP contribution in [0.5, 0.6) is 0 Å². The van der Waals surface area contributed by atoms with E-state index < -0.39 is 0 Å². The molecule has 2 N–H and O–H groups in total. The highest BCUT2D eigenvalue weighted by atomic mass is 16.5. The highest BCUT2D eigenvalue weighted by molar-refractivity contribution is 5.90. The first-order chi connectivity index (χ1) is 8.70. The number of rotatable bonds is 4. The third-order valence-corrected chi connectivity index (χ3v) is 2.80. The fourth-order valence-corrected chi connectivity index (χ4v) is 1.88. The second kappa shape index (κ2) is 5.65. The summed E-state index contributed by atoms with van der Waals surface area (Å²) in [5.74, 6) is 2.66. The van der Waals surface area contributed by atoms with E-state index in [1.165, 1.54) is 0 Å². The van der Waals surface area contributed by atoms with Gasteiger partial charge in [-0.25, -0.2) is 0 Å². The Morgan fingerprint density at radius 1 is 1.78 bits per heavy atom. The third kappa shape index (κ3) is 2.87. The number of carbonyl (C=O) groups is 1. The molecule has 1 fully saturated rings. The highest BCUT2D eigenvalue weighted by Gasteiger charge is 2.24. The molecule has 1 aliphatic rings. The van der Waals surface area contributed by atoms with E-state index in [0.29, 0.717) is 12.3 Å². The van der Waals surface area contributed by atoms with E-state index in [1.54, 1.807) is 0 Å². The molecule has 6 heteroatoms. The molecule has 2 rings (SSSR count). The van der Waals surface area contributed by atoms with E-state index >= 15 is 0 Å². The van der Waals surface area contributed by atoms with Gasteiger partial charge in [-0.15, -0.1) is 12.3 Å². The van der Waals surface area contributed by atoms with Gasteiger partial charge in [0.25, 0.3) is 11.7 Å². The number of hydrogen-bond donors (Lipinski definition) is 2. The maximum Gasteiger partial charge on any atom is 0.292 e. The molecule has 1 aliphatic heterocycles. The summed E-state index contributed by atoms with van der Waals surface area (Å²) in [5, 5.41) is 9.63. The summed E-state index contributed by atoms with van der Waals surface area (Å²) in [4.78, 5) is 15.9. The topological polar surface area (TPSA) is 80.0 Å². The minimum absolute atomic E-state index is 0.0579. The molecule has 1 aromatic rings. The normalized spacial score (nSPS) is 20.3. The zero-order valence-corrected chi connectivity index (χ0v) is 10.3. The fourth-order valence-electron chi connectivity index (χ4n) is 1.88. The van der Waals surface area contributed by atoms with Crippen molar-refractivity contribution < 1.29 is 9.32 Å². The number of terminal acetylenes is 1. The van der Waals surface area contributed by atoms with Crippen molar-refractivity contribution in [3.63, 3.8) is 0 Å². The van der Waals surface area contributed by atoms with Crippen molar-refractivity contribution >= 4 is 5.91 Å². The Kier molecular flexibility index (Phi) is 3.95. The molecule has 18 heavy (non-hydrogen) atoms. The lowest BCUT2D eigenvalue weighted by Gasteiger charge is -2.07. The average molecular weight is 248 g/mol. The first-order valence-corrected chi connectivity index (χ1v) is 6.02. The van der Waals surface area contributed by atoms with Gasteiger partial charge in [0.2, 0.25) is 5.89 Å². The van der Waals surface area contributed by atoms with Crippen LogP contribution in [0, 0.1) is 12.3 Å². The second-order valence-electron chi connectivity index (χ2n) is 4.39. The Balaban J connectivity index is 1.96. The third-order valence-electron chi connectivity index (χ3n) is 2.80. The van der Waals surface area contributed by atoms with Crippen molar-refractivity contribution in [2.75, 3.05) is 6.54 Å². The first-order valence-electron chi connectivity index (χ1n) is 6.02. The van der Waals surface area contributed by atoms with E-state index in [1.807, 2.05) is 6.92 Å². The number of nitrogens with zero attached hydrogens (tertiary/aromatic N) is 2. The molecule has 96 valence electrons. The zero-order chi connectivity index (χ0) is 13.0. The van der Waals surface area contributed by atoms with E-state index in [4.69, 9.17) is 10.9 Å². The molecule has 0 spiro atoms. The molecule has 6 nitrogen and oxygen atoms in total. The van der Waals surface area contributed by atoms with Crippen molar-refractivity contribution in [3.8, 4) is 12.3 Å². The maximum atomic E-state index is 11.8. The predicted octanol–water partition coefficient (Wildman–Crippen LogP) is 0.636. The maximum absolute atomic E-state index is 11.8. The van der Waals surface area contributed by atoms with Gasteiger partial charge in [0.05, 0.1) is 6.04 Å². The second-order valence-corrected chi connectivity index (χ2v) is 4.39. The zero-order valence-electron chi connectivity index (χ0n) is 10.3. The molecular formula is C12H16N4O2. The van der Waals surface area contributed by atoms with E-state index in [-0.39, 0.29) is 23.8 Å². The van der Waals surface area contributed by atoms with Crippen LogP contribution in [-0.2, 0) is 0 Å². The quantitative estimate of drug-likeness (QED) is 0.764. The van der Waals surface area contributed by atoms with Crippen molar-refractivity contribution in [2.45, 2.75) is 38.3 Å². The fraction of sp³-hybridized carbons (Fsp3) is 0.583. The monoisotopic (exact) mass is 248 g/mol. The average Bonchev–Trinajstić information content (AvgIpc) is 3.00. The summed E-state index contributed by atoms with van der Waals surface area (Å²) in [6.07, 6.45) is 7.68. The van der Waals surface area contributed by atoms with Crippen LogP contribution in [0.2, 0.25) is 0 Å². The van der Waals surface area contributed by atoms with Gasteiger partial charge in [-0.2, -0.15) is 4.98 Å². The summed E-state index contributed by atoms with van der Waals surface area (Å²) in [6.45, 7) is 2.77. The Labute approximate surface area is 106 Å².